The SMILES string of the molecule is CCN1C(=CC=CC=CC2=[N+](CCCCCCCC(=O)NCCCNc3nc(NCCCCCC(=O)O)[nH]c(=O)n3)c3ccc(S(=O)(=O)O)cc3C2(C)C)C(C)(C)c2cc(C)ccc21. The normalized spacial score (nSPS) is 15.9. The highest BCUT2D eigenvalue weighted by atomic mass is 32.2. The average Bonchev–Trinajstić information content (AvgIpc) is 3.57. The number of benzene rings is 2. The molecule has 0 spiro atoms. The number of fused-ring (bicyclic) bond motifs is 2. The van der Waals surface area contributed by atoms with Gasteiger partial charge in [-0.1, -0.05) is 69.0 Å². The Morgan fingerprint density at radius 2 is 1.55 bits per heavy atom. The van der Waals surface area contributed by atoms with Crippen LogP contribution in [0.25, 0.3) is 0 Å². The number of allylic oxidation sites excluding steroid dienone is 6. The first kappa shape index (κ1) is 49.4. The fourth-order valence-electron chi connectivity index (χ4n) is 8.57. The average molecular weight is 900 g/mol. The zero-order valence-electron chi connectivity index (χ0n) is 38.3. The van der Waals surface area contributed by atoms with Gasteiger partial charge in [0.25, 0.3) is 10.1 Å². The Morgan fingerprint density at radius 3 is 2.30 bits per heavy atom. The molecule has 2 aliphatic rings. The lowest BCUT2D eigenvalue weighted by Crippen LogP contribution is -2.28. The number of hydrogen-bond acceptors (Lipinski definition) is 10. The van der Waals surface area contributed by atoms with E-state index in [4.69, 9.17) is 5.11 Å². The monoisotopic (exact) mass is 899 g/mol. The molecule has 2 aliphatic heterocycles. The van der Waals surface area contributed by atoms with Crippen LogP contribution in [0.4, 0.5) is 23.3 Å². The van der Waals surface area contributed by atoms with E-state index >= 15 is 0 Å². The fourth-order valence-corrected chi connectivity index (χ4v) is 9.07. The van der Waals surface area contributed by atoms with Crippen LogP contribution in [0.3, 0.4) is 0 Å². The number of hydrogen-bond donors (Lipinski definition) is 6. The second kappa shape index (κ2) is 22.3. The number of aromatic amines is 1. The molecule has 3 heterocycles. The van der Waals surface area contributed by atoms with Gasteiger partial charge in [-0.05, 0) is 89.6 Å². The summed E-state index contributed by atoms with van der Waals surface area (Å²) in [7, 11) is -4.37. The van der Waals surface area contributed by atoms with Crippen molar-refractivity contribution in [2.75, 3.05) is 48.3 Å². The van der Waals surface area contributed by atoms with Crippen molar-refractivity contribution < 1.29 is 32.2 Å². The molecule has 0 atom stereocenters. The Morgan fingerprint density at radius 1 is 0.828 bits per heavy atom. The molecule has 15 nitrogen and oxygen atoms in total. The van der Waals surface area contributed by atoms with Gasteiger partial charge in [-0.15, -0.1) is 0 Å². The minimum Gasteiger partial charge on any atom is -0.481 e. The molecule has 5 rings (SSSR count). The second-order valence-corrected chi connectivity index (χ2v) is 19.0. The van der Waals surface area contributed by atoms with E-state index in [0.717, 1.165) is 75.0 Å². The van der Waals surface area contributed by atoms with E-state index in [2.05, 4.69) is 118 Å². The summed E-state index contributed by atoms with van der Waals surface area (Å²) in [4.78, 5) is 48.0. The maximum Gasteiger partial charge on any atom is 0.350 e. The highest BCUT2D eigenvalue weighted by molar-refractivity contribution is 7.85. The van der Waals surface area contributed by atoms with Gasteiger partial charge in [0.05, 0.1) is 10.3 Å². The van der Waals surface area contributed by atoms with Gasteiger partial charge in [0.1, 0.15) is 6.54 Å². The van der Waals surface area contributed by atoms with Gasteiger partial charge >= 0.3 is 11.7 Å². The van der Waals surface area contributed by atoms with Crippen molar-refractivity contribution in [2.24, 2.45) is 0 Å². The summed E-state index contributed by atoms with van der Waals surface area (Å²) in [5.41, 5.74) is 6.71. The molecular formula is C48H67N8O7S+. The molecule has 1 aromatic heterocycles. The summed E-state index contributed by atoms with van der Waals surface area (Å²) in [6, 6.07) is 11.5. The first-order valence-electron chi connectivity index (χ1n) is 22.6. The van der Waals surface area contributed by atoms with Crippen LogP contribution >= 0.6 is 0 Å². The minimum absolute atomic E-state index is 0.00601. The predicted molar refractivity (Wildman–Crippen MR) is 254 cm³/mol. The Balaban J connectivity index is 1.08. The van der Waals surface area contributed by atoms with Gasteiger partial charge in [0, 0.05) is 79.9 Å². The number of aromatic nitrogens is 3. The Kier molecular flexibility index (Phi) is 17.2. The lowest BCUT2D eigenvalue weighted by molar-refractivity contribution is -0.438. The summed E-state index contributed by atoms with van der Waals surface area (Å²) < 4.78 is 36.4. The number of carboxylic acid groups (broad SMARTS) is 1. The van der Waals surface area contributed by atoms with Crippen molar-refractivity contribution in [1.29, 1.82) is 0 Å². The van der Waals surface area contributed by atoms with Crippen molar-refractivity contribution in [3.63, 3.8) is 0 Å². The Hall–Kier alpha value is -5.61. The fraction of sp³-hybridized carbons (Fsp3) is 0.500. The molecule has 3 aromatic rings. The minimum atomic E-state index is -4.37. The molecule has 2 aromatic carbocycles. The first-order valence-corrected chi connectivity index (χ1v) is 24.0. The van der Waals surface area contributed by atoms with Crippen molar-refractivity contribution >= 4 is 51.0 Å². The lowest BCUT2D eigenvalue weighted by atomic mass is 9.81. The van der Waals surface area contributed by atoms with E-state index in [-0.39, 0.29) is 28.6 Å². The molecule has 0 unspecified atom stereocenters. The highest BCUT2D eigenvalue weighted by Gasteiger charge is 2.45. The molecule has 16 heteroatoms. The molecule has 1 amide bonds. The van der Waals surface area contributed by atoms with Crippen molar-refractivity contribution in [2.45, 2.75) is 128 Å². The summed E-state index contributed by atoms with van der Waals surface area (Å²) >= 11 is 0. The van der Waals surface area contributed by atoms with E-state index in [9.17, 15) is 27.4 Å². The van der Waals surface area contributed by atoms with Crippen LogP contribution in [0, 0.1) is 6.92 Å². The molecule has 0 saturated carbocycles. The van der Waals surface area contributed by atoms with Crippen LogP contribution in [-0.4, -0.2) is 87.9 Å². The molecule has 0 saturated heterocycles. The lowest BCUT2D eigenvalue weighted by Gasteiger charge is -2.25. The van der Waals surface area contributed by atoms with Crippen LogP contribution < -0.4 is 26.5 Å². The van der Waals surface area contributed by atoms with Gasteiger partial charge in [-0.2, -0.15) is 23.0 Å². The summed E-state index contributed by atoms with van der Waals surface area (Å²) in [6.07, 6.45) is 18.3. The van der Waals surface area contributed by atoms with Gasteiger partial charge in [-0.3, -0.25) is 19.1 Å². The number of rotatable bonds is 25. The molecule has 6 N–H and O–H groups in total. The van der Waals surface area contributed by atoms with Crippen LogP contribution in [0.15, 0.2) is 82.2 Å². The van der Waals surface area contributed by atoms with E-state index in [1.807, 2.05) is 12.2 Å². The number of nitrogens with zero attached hydrogens (tertiary/aromatic N) is 4. The molecule has 0 bridgehead atoms. The van der Waals surface area contributed by atoms with E-state index in [1.54, 1.807) is 12.1 Å². The van der Waals surface area contributed by atoms with Crippen LogP contribution in [-0.2, 0) is 30.5 Å². The molecule has 0 fully saturated rings. The smallest absolute Gasteiger partial charge is 0.350 e. The Bertz CT molecular complexity index is 2440. The number of nitrogens with one attached hydrogen (secondary N) is 4. The zero-order valence-corrected chi connectivity index (χ0v) is 39.1. The number of carboxylic acids is 1. The zero-order chi connectivity index (χ0) is 46.5. The number of unbranched alkanes of at least 4 members (excludes halogenated alkanes) is 6. The largest absolute Gasteiger partial charge is 0.481 e. The number of carbonyl (C=O) groups is 2. The van der Waals surface area contributed by atoms with Crippen molar-refractivity contribution in [1.82, 2.24) is 20.3 Å². The third-order valence-corrected chi connectivity index (χ3v) is 12.9. The van der Waals surface area contributed by atoms with Crippen LogP contribution in [0.2, 0.25) is 0 Å². The third kappa shape index (κ3) is 13.0. The van der Waals surface area contributed by atoms with Gasteiger partial charge in [0.15, 0.2) is 5.71 Å². The number of carbonyl (C=O) groups excluding carboxylic acids is 1. The maximum atomic E-state index is 12.5. The number of H-pyrrole nitrogens is 1. The Labute approximate surface area is 378 Å². The predicted octanol–water partition coefficient (Wildman–Crippen LogP) is 7.93. The standard InChI is InChI=1S/C48H66N8O7S/c1-7-55-38-26-24-34(2)32-36(38)47(3,4)40(55)20-13-11-14-21-41-48(5,6)37-33-35(64(61,62)63)25-27-39(37)56(41)31-18-10-8-9-15-22-42(57)49-29-19-30-51-45-52-44(53-46(60)54-45)50-28-17-12-16-23-43(58)59/h11,13-14,20-21,24-27,32-33H,7-10,12,15-19,22-23,28-31H2,1-6H3,(H5-,49,50,51,52,53,54,57,58,59,60,61,62,63)/p+1. The summed E-state index contributed by atoms with van der Waals surface area (Å²) in [5.74, 6) is -0.340. The second-order valence-electron chi connectivity index (χ2n) is 17.6. The molecule has 0 radical (unpaired) electrons. The maximum absolute atomic E-state index is 12.5. The first-order chi connectivity index (χ1) is 30.4. The quantitative estimate of drug-likeness (QED) is 0.0207. The number of anilines is 3. The molecule has 346 valence electrons. The topological polar surface area (TPSA) is 210 Å². The van der Waals surface area contributed by atoms with E-state index in [1.165, 1.54) is 28.6 Å². The van der Waals surface area contributed by atoms with Gasteiger partial charge in [-0.25, -0.2) is 4.79 Å². The highest BCUT2D eigenvalue weighted by Crippen LogP contribution is 2.48. The number of likely N-dealkylation sites (N-methyl/N-ethyl adjacent to an activating group) is 1. The third-order valence-electron chi connectivity index (χ3n) is 12.0. The van der Waals surface area contributed by atoms with Crippen LogP contribution in [0.1, 0.15) is 122 Å². The van der Waals surface area contributed by atoms with E-state index in [0.29, 0.717) is 44.8 Å². The number of aryl methyl sites for hydroxylation is 1. The molecular weight excluding hydrogens is 833 g/mol. The number of aliphatic carboxylic acids is 1. The van der Waals surface area contributed by atoms with Crippen molar-refractivity contribution in [3.8, 4) is 0 Å². The number of amides is 1. The van der Waals surface area contributed by atoms with Crippen LogP contribution in [0.5, 0.6) is 0 Å². The summed E-state index contributed by atoms with van der Waals surface area (Å²) in [6.45, 7) is 16.1. The van der Waals surface area contributed by atoms with E-state index < -0.39 is 27.2 Å². The van der Waals surface area contributed by atoms with Gasteiger partial charge < -0.3 is 26.0 Å². The van der Waals surface area contributed by atoms with Gasteiger partial charge in [0.2, 0.25) is 23.5 Å². The molecule has 64 heavy (non-hydrogen) atoms. The summed E-state index contributed by atoms with van der Waals surface area (Å²) in [5, 5.41) is 17.7. The van der Waals surface area contributed by atoms with Crippen molar-refractivity contribution in [3.05, 3.63) is 99.6 Å². The molecule has 0 aliphatic carbocycles.